The first kappa shape index (κ1) is 18.4. The second-order valence-corrected chi connectivity index (χ2v) is 7.67. The third kappa shape index (κ3) is 4.96. The summed E-state index contributed by atoms with van der Waals surface area (Å²) in [7, 11) is 3.68. The van der Waals surface area contributed by atoms with Crippen molar-refractivity contribution in [2.24, 2.45) is 11.3 Å². The summed E-state index contributed by atoms with van der Waals surface area (Å²) in [4.78, 5) is 14.7. The smallest absolute Gasteiger partial charge is 0.326 e. The van der Waals surface area contributed by atoms with Crippen molar-refractivity contribution in [3.05, 3.63) is 0 Å². The number of rotatable bonds is 7. The van der Waals surface area contributed by atoms with E-state index < -0.39 is 5.54 Å². The molecule has 0 spiro atoms. The van der Waals surface area contributed by atoms with Crippen LogP contribution >= 0.6 is 0 Å². The number of esters is 1. The lowest BCUT2D eigenvalue weighted by Gasteiger charge is -2.35. The van der Waals surface area contributed by atoms with Crippen molar-refractivity contribution in [3.63, 3.8) is 0 Å². The van der Waals surface area contributed by atoms with Crippen LogP contribution in [-0.4, -0.2) is 50.2 Å². The van der Waals surface area contributed by atoms with Crippen LogP contribution in [0.3, 0.4) is 0 Å². The molecule has 0 bridgehead atoms. The zero-order chi connectivity index (χ0) is 16.1. The van der Waals surface area contributed by atoms with E-state index >= 15 is 0 Å². The predicted molar refractivity (Wildman–Crippen MR) is 87.3 cm³/mol. The first-order valence-electron chi connectivity index (χ1n) is 8.27. The van der Waals surface area contributed by atoms with Crippen molar-refractivity contribution in [3.8, 4) is 0 Å². The molecule has 0 aliphatic heterocycles. The van der Waals surface area contributed by atoms with Crippen molar-refractivity contribution >= 4 is 5.97 Å². The highest BCUT2D eigenvalue weighted by Gasteiger charge is 2.48. The predicted octanol–water partition coefficient (Wildman–Crippen LogP) is 2.68. The third-order valence-electron chi connectivity index (χ3n) is 4.47. The minimum atomic E-state index is -0.452. The summed E-state index contributed by atoms with van der Waals surface area (Å²) in [6, 6.07) is 0. The van der Waals surface area contributed by atoms with Gasteiger partial charge in [0.25, 0.3) is 0 Å². The first-order valence-corrected chi connectivity index (χ1v) is 8.27. The Hall–Kier alpha value is -0.610. The molecule has 0 radical (unpaired) electrons. The van der Waals surface area contributed by atoms with E-state index in [2.05, 4.69) is 45.0 Å². The van der Waals surface area contributed by atoms with Gasteiger partial charge in [0.05, 0.1) is 7.11 Å². The highest BCUT2D eigenvalue weighted by atomic mass is 16.5. The Labute approximate surface area is 130 Å². The molecule has 0 heterocycles. The molecule has 2 atom stereocenters. The molecular weight excluding hydrogens is 264 g/mol. The average molecular weight is 298 g/mol. The zero-order valence-electron chi connectivity index (χ0n) is 14.8. The molecule has 0 aromatic rings. The van der Waals surface area contributed by atoms with E-state index in [1.807, 2.05) is 0 Å². The number of carbonyl (C=O) groups is 1. The van der Waals surface area contributed by atoms with E-state index in [-0.39, 0.29) is 5.97 Å². The zero-order valence-corrected chi connectivity index (χ0v) is 14.8. The number of nitrogens with one attached hydrogen (secondary N) is 1. The molecule has 1 aliphatic carbocycles. The van der Waals surface area contributed by atoms with Gasteiger partial charge < -0.3 is 15.0 Å². The van der Waals surface area contributed by atoms with Crippen LogP contribution in [0, 0.1) is 11.3 Å². The molecule has 0 amide bonds. The van der Waals surface area contributed by atoms with Crippen LogP contribution in [0.15, 0.2) is 0 Å². The average Bonchev–Trinajstić information content (AvgIpc) is 2.78. The Bertz CT molecular complexity index is 338. The molecule has 1 rings (SSSR count). The van der Waals surface area contributed by atoms with Crippen molar-refractivity contribution in [1.29, 1.82) is 0 Å². The summed E-state index contributed by atoms with van der Waals surface area (Å²) in [5, 5.41) is 3.44. The van der Waals surface area contributed by atoms with Crippen molar-refractivity contribution in [1.82, 2.24) is 10.2 Å². The number of carbonyl (C=O) groups excluding carboxylic acids is 1. The number of nitrogens with zero attached hydrogens (tertiary/aromatic N) is 1. The van der Waals surface area contributed by atoms with Crippen LogP contribution in [0.5, 0.6) is 0 Å². The normalized spacial score (nSPS) is 26.3. The topological polar surface area (TPSA) is 41.6 Å². The summed E-state index contributed by atoms with van der Waals surface area (Å²) < 4.78 is 5.09. The maximum Gasteiger partial charge on any atom is 0.326 e. The van der Waals surface area contributed by atoms with Gasteiger partial charge in [-0.1, -0.05) is 34.1 Å². The fraction of sp³-hybridized carbons (Fsp3) is 0.941. The molecule has 1 aliphatic rings. The molecule has 4 nitrogen and oxygen atoms in total. The van der Waals surface area contributed by atoms with E-state index in [1.165, 1.54) is 7.11 Å². The molecule has 1 fully saturated rings. The van der Waals surface area contributed by atoms with Gasteiger partial charge in [-0.15, -0.1) is 0 Å². The molecule has 21 heavy (non-hydrogen) atoms. The number of methoxy groups -OCH3 is 1. The largest absolute Gasteiger partial charge is 0.468 e. The van der Waals surface area contributed by atoms with Gasteiger partial charge in [0.1, 0.15) is 5.54 Å². The molecule has 124 valence electrons. The Morgan fingerprint density at radius 3 is 2.62 bits per heavy atom. The first-order chi connectivity index (χ1) is 9.75. The molecule has 4 heteroatoms. The second-order valence-electron chi connectivity index (χ2n) is 7.67. The lowest BCUT2D eigenvalue weighted by atomic mass is 9.84. The van der Waals surface area contributed by atoms with Crippen LogP contribution in [0.4, 0.5) is 0 Å². The van der Waals surface area contributed by atoms with E-state index in [9.17, 15) is 4.79 Å². The van der Waals surface area contributed by atoms with Crippen LogP contribution in [0.1, 0.15) is 53.4 Å². The van der Waals surface area contributed by atoms with Gasteiger partial charge in [-0.2, -0.15) is 0 Å². The second kappa shape index (κ2) is 7.59. The van der Waals surface area contributed by atoms with Crippen LogP contribution in [0.2, 0.25) is 0 Å². The van der Waals surface area contributed by atoms with Crippen molar-refractivity contribution in [2.45, 2.75) is 58.9 Å². The maximum absolute atomic E-state index is 12.3. The Balaban J connectivity index is 2.65. The third-order valence-corrected chi connectivity index (χ3v) is 4.47. The highest BCUT2D eigenvalue weighted by molar-refractivity contribution is 5.81. The molecule has 1 saturated carbocycles. The molecule has 0 aromatic carbocycles. The minimum absolute atomic E-state index is 0.0784. The molecular formula is C17H34N2O2. The van der Waals surface area contributed by atoms with Crippen molar-refractivity contribution < 1.29 is 9.53 Å². The Morgan fingerprint density at radius 1 is 1.43 bits per heavy atom. The van der Waals surface area contributed by atoms with Gasteiger partial charge >= 0.3 is 5.97 Å². The fourth-order valence-electron chi connectivity index (χ4n) is 3.80. The standard InChI is InChI=1S/C17H34N2O2/c1-7-18-17(15(20)21-6)11-8-9-14(17)10-12-19(5)13-16(2,3)4/h14,18H,7-13H2,1-6H3. The van der Waals surface area contributed by atoms with Gasteiger partial charge in [0.2, 0.25) is 0 Å². The number of likely N-dealkylation sites (N-methyl/N-ethyl adjacent to an activating group) is 1. The van der Waals surface area contributed by atoms with Crippen LogP contribution < -0.4 is 5.32 Å². The highest BCUT2D eigenvalue weighted by Crippen LogP contribution is 2.39. The van der Waals surface area contributed by atoms with E-state index in [4.69, 9.17) is 4.74 Å². The number of ether oxygens (including phenoxy) is 1. The Kier molecular flexibility index (Phi) is 6.67. The molecule has 0 aromatic heterocycles. The summed E-state index contributed by atoms with van der Waals surface area (Å²) >= 11 is 0. The monoisotopic (exact) mass is 298 g/mol. The van der Waals surface area contributed by atoms with E-state index in [1.54, 1.807) is 0 Å². The minimum Gasteiger partial charge on any atom is -0.468 e. The lowest BCUT2D eigenvalue weighted by molar-refractivity contribution is -0.150. The van der Waals surface area contributed by atoms with Gasteiger partial charge in [0.15, 0.2) is 0 Å². The summed E-state index contributed by atoms with van der Waals surface area (Å²) in [5.74, 6) is 0.303. The van der Waals surface area contributed by atoms with Crippen LogP contribution in [-0.2, 0) is 9.53 Å². The SMILES string of the molecule is CCNC1(C(=O)OC)CCCC1CCN(C)CC(C)(C)C. The van der Waals surface area contributed by atoms with Crippen LogP contribution in [0.25, 0.3) is 0 Å². The fourth-order valence-corrected chi connectivity index (χ4v) is 3.80. The number of hydrogen-bond donors (Lipinski definition) is 1. The van der Waals surface area contributed by atoms with Gasteiger partial charge in [0, 0.05) is 6.54 Å². The van der Waals surface area contributed by atoms with E-state index in [0.717, 1.165) is 45.3 Å². The number of hydrogen-bond acceptors (Lipinski definition) is 4. The summed E-state index contributed by atoms with van der Waals surface area (Å²) in [5.41, 5.74) is -0.141. The van der Waals surface area contributed by atoms with Gasteiger partial charge in [-0.3, -0.25) is 4.79 Å². The molecule has 0 saturated heterocycles. The summed E-state index contributed by atoms with van der Waals surface area (Å²) in [6.45, 7) is 11.8. The van der Waals surface area contributed by atoms with Gasteiger partial charge in [-0.25, -0.2) is 0 Å². The Morgan fingerprint density at radius 2 is 2.10 bits per heavy atom. The molecule has 1 N–H and O–H groups in total. The van der Waals surface area contributed by atoms with Crippen molar-refractivity contribution in [2.75, 3.05) is 33.8 Å². The molecule has 2 unspecified atom stereocenters. The summed E-state index contributed by atoms with van der Waals surface area (Å²) in [6.07, 6.45) is 4.18. The van der Waals surface area contributed by atoms with Gasteiger partial charge in [-0.05, 0) is 50.7 Å². The lowest BCUT2D eigenvalue weighted by Crippen LogP contribution is -2.55. The van der Waals surface area contributed by atoms with E-state index in [0.29, 0.717) is 11.3 Å². The maximum atomic E-state index is 12.3. The quantitative estimate of drug-likeness (QED) is 0.734.